The van der Waals surface area contributed by atoms with E-state index in [1.165, 1.54) is 31.4 Å². The summed E-state index contributed by atoms with van der Waals surface area (Å²) in [5, 5.41) is 0. The molecule has 0 saturated carbocycles. The minimum atomic E-state index is -4.76. The Kier molecular flexibility index (Phi) is 4.56. The molecule has 0 amide bonds. The van der Waals surface area contributed by atoms with Gasteiger partial charge in [0.2, 0.25) is 0 Å². The van der Waals surface area contributed by atoms with Crippen LogP contribution in [-0.4, -0.2) is 13.5 Å². The van der Waals surface area contributed by atoms with Crippen LogP contribution in [0.1, 0.15) is 17.2 Å². The molecule has 1 atom stereocenters. The number of ether oxygens (including phenoxy) is 2. The van der Waals surface area contributed by atoms with Gasteiger partial charge in [-0.05, 0) is 23.8 Å². The third kappa shape index (κ3) is 3.88. The molecule has 2 rings (SSSR count). The first-order valence-electron chi connectivity index (χ1n) is 6.25. The SMILES string of the molecule is COc1ccc([C@H](N)c2ccc(OC(F)(F)F)cc2)c(F)c1. The fourth-order valence-electron chi connectivity index (χ4n) is 1.94. The molecule has 0 unspecified atom stereocenters. The minimum absolute atomic E-state index is 0.213. The molecular formula is C15H13F4NO2. The van der Waals surface area contributed by atoms with Crippen molar-refractivity contribution >= 4 is 0 Å². The first kappa shape index (κ1) is 16.1. The monoisotopic (exact) mass is 315 g/mol. The number of nitrogens with two attached hydrogens (primary N) is 1. The van der Waals surface area contributed by atoms with Gasteiger partial charge < -0.3 is 15.2 Å². The first-order valence-corrected chi connectivity index (χ1v) is 6.25. The predicted octanol–water partition coefficient (Wildman–Crippen LogP) is 3.78. The lowest BCUT2D eigenvalue weighted by atomic mass is 9.99. The molecule has 0 radical (unpaired) electrons. The summed E-state index contributed by atoms with van der Waals surface area (Å²) in [6.45, 7) is 0. The molecule has 7 heteroatoms. The zero-order valence-corrected chi connectivity index (χ0v) is 11.5. The maximum Gasteiger partial charge on any atom is 0.573 e. The number of hydrogen-bond acceptors (Lipinski definition) is 3. The van der Waals surface area contributed by atoms with Crippen molar-refractivity contribution in [2.45, 2.75) is 12.4 Å². The Labute approximate surface area is 124 Å². The lowest BCUT2D eigenvalue weighted by Crippen LogP contribution is -2.17. The highest BCUT2D eigenvalue weighted by atomic mass is 19.4. The van der Waals surface area contributed by atoms with E-state index in [4.69, 9.17) is 10.5 Å². The van der Waals surface area contributed by atoms with E-state index in [9.17, 15) is 17.6 Å². The molecule has 3 nitrogen and oxygen atoms in total. The van der Waals surface area contributed by atoms with Crippen molar-refractivity contribution in [3.05, 3.63) is 59.4 Å². The van der Waals surface area contributed by atoms with Crippen LogP contribution in [0.5, 0.6) is 11.5 Å². The summed E-state index contributed by atoms with van der Waals surface area (Å²) in [4.78, 5) is 0. The van der Waals surface area contributed by atoms with Crippen molar-refractivity contribution < 1.29 is 27.0 Å². The molecule has 2 aromatic carbocycles. The number of halogens is 4. The molecule has 0 bridgehead atoms. The van der Waals surface area contributed by atoms with Gasteiger partial charge in [-0.3, -0.25) is 0 Å². The highest BCUT2D eigenvalue weighted by molar-refractivity contribution is 5.38. The van der Waals surface area contributed by atoms with Gasteiger partial charge in [0.25, 0.3) is 0 Å². The molecule has 0 fully saturated rings. The zero-order chi connectivity index (χ0) is 16.3. The fourth-order valence-corrected chi connectivity index (χ4v) is 1.94. The summed E-state index contributed by atoms with van der Waals surface area (Å²) in [5.74, 6) is -0.566. The Morgan fingerprint density at radius 1 is 1.00 bits per heavy atom. The van der Waals surface area contributed by atoms with Crippen molar-refractivity contribution in [1.29, 1.82) is 0 Å². The van der Waals surface area contributed by atoms with E-state index in [1.807, 2.05) is 0 Å². The van der Waals surface area contributed by atoms with Crippen molar-refractivity contribution in [3.8, 4) is 11.5 Å². The molecule has 0 heterocycles. The number of alkyl halides is 3. The zero-order valence-electron chi connectivity index (χ0n) is 11.5. The first-order chi connectivity index (χ1) is 10.3. The summed E-state index contributed by atoms with van der Waals surface area (Å²) >= 11 is 0. The van der Waals surface area contributed by atoms with Crippen molar-refractivity contribution in [1.82, 2.24) is 0 Å². The number of hydrogen-bond donors (Lipinski definition) is 1. The van der Waals surface area contributed by atoms with E-state index in [0.717, 1.165) is 12.1 Å². The quantitative estimate of drug-likeness (QED) is 0.873. The molecule has 0 spiro atoms. The molecule has 2 aromatic rings. The maximum atomic E-state index is 13.9. The number of benzene rings is 2. The van der Waals surface area contributed by atoms with Crippen LogP contribution in [0, 0.1) is 5.82 Å². The average molecular weight is 315 g/mol. The number of rotatable bonds is 4. The molecule has 0 aromatic heterocycles. The Hall–Kier alpha value is -2.28. The lowest BCUT2D eigenvalue weighted by molar-refractivity contribution is -0.274. The van der Waals surface area contributed by atoms with Gasteiger partial charge in [0.1, 0.15) is 17.3 Å². The molecule has 0 saturated heterocycles. The van der Waals surface area contributed by atoms with Gasteiger partial charge in [-0.1, -0.05) is 18.2 Å². The average Bonchev–Trinajstić information content (AvgIpc) is 2.45. The van der Waals surface area contributed by atoms with Crippen molar-refractivity contribution in [2.75, 3.05) is 7.11 Å². The van der Waals surface area contributed by atoms with Crippen LogP contribution < -0.4 is 15.2 Å². The summed E-state index contributed by atoms with van der Waals surface area (Å²) in [6, 6.07) is 8.37. The molecule has 2 N–H and O–H groups in total. The predicted molar refractivity (Wildman–Crippen MR) is 72.1 cm³/mol. The van der Waals surface area contributed by atoms with E-state index in [-0.39, 0.29) is 11.3 Å². The second-order valence-corrected chi connectivity index (χ2v) is 4.48. The van der Waals surface area contributed by atoms with Crippen LogP contribution in [-0.2, 0) is 0 Å². The molecular weight excluding hydrogens is 302 g/mol. The molecule has 118 valence electrons. The Morgan fingerprint density at radius 3 is 2.09 bits per heavy atom. The van der Waals surface area contributed by atoms with Crippen LogP contribution in [0.25, 0.3) is 0 Å². The normalized spacial score (nSPS) is 12.8. The molecule has 0 aliphatic carbocycles. The van der Waals surface area contributed by atoms with E-state index in [2.05, 4.69) is 4.74 Å². The van der Waals surface area contributed by atoms with E-state index in [0.29, 0.717) is 11.3 Å². The topological polar surface area (TPSA) is 44.5 Å². The highest BCUT2D eigenvalue weighted by Crippen LogP contribution is 2.28. The summed E-state index contributed by atoms with van der Waals surface area (Å²) in [6.07, 6.45) is -4.76. The van der Waals surface area contributed by atoms with E-state index >= 15 is 0 Å². The second-order valence-electron chi connectivity index (χ2n) is 4.48. The standard InChI is InChI=1S/C15H13F4NO2/c1-21-11-6-7-12(13(16)8-11)14(20)9-2-4-10(5-3-9)22-15(17,18)19/h2-8,14H,20H2,1H3/t14-/m1/s1. The van der Waals surface area contributed by atoms with Crippen molar-refractivity contribution in [2.24, 2.45) is 5.73 Å². The highest BCUT2D eigenvalue weighted by Gasteiger charge is 2.31. The molecule has 0 aliphatic rings. The van der Waals surface area contributed by atoms with Gasteiger partial charge >= 0.3 is 6.36 Å². The van der Waals surface area contributed by atoms with Gasteiger partial charge in [0, 0.05) is 11.6 Å². The smallest absolute Gasteiger partial charge is 0.497 e. The lowest BCUT2D eigenvalue weighted by Gasteiger charge is -2.15. The third-order valence-electron chi connectivity index (χ3n) is 3.02. The largest absolute Gasteiger partial charge is 0.573 e. The van der Waals surface area contributed by atoms with Crippen molar-refractivity contribution in [3.63, 3.8) is 0 Å². The van der Waals surface area contributed by atoms with Crippen LogP contribution in [0.2, 0.25) is 0 Å². The van der Waals surface area contributed by atoms with Gasteiger partial charge in [-0.2, -0.15) is 0 Å². The van der Waals surface area contributed by atoms with Gasteiger partial charge in [0.15, 0.2) is 0 Å². The Morgan fingerprint density at radius 2 is 1.59 bits per heavy atom. The third-order valence-corrected chi connectivity index (χ3v) is 3.02. The van der Waals surface area contributed by atoms with Crippen LogP contribution >= 0.6 is 0 Å². The summed E-state index contributed by atoms with van der Waals surface area (Å²) < 4.78 is 58.8. The summed E-state index contributed by atoms with van der Waals surface area (Å²) in [5.41, 5.74) is 6.61. The van der Waals surface area contributed by atoms with E-state index < -0.39 is 18.2 Å². The second kappa shape index (κ2) is 6.23. The maximum absolute atomic E-state index is 13.9. The van der Waals surface area contributed by atoms with E-state index in [1.54, 1.807) is 6.07 Å². The van der Waals surface area contributed by atoms with Crippen LogP contribution in [0.3, 0.4) is 0 Å². The van der Waals surface area contributed by atoms with Crippen LogP contribution in [0.15, 0.2) is 42.5 Å². The fraction of sp³-hybridized carbons (Fsp3) is 0.200. The van der Waals surface area contributed by atoms with Gasteiger partial charge in [-0.15, -0.1) is 13.2 Å². The molecule has 0 aliphatic heterocycles. The number of methoxy groups -OCH3 is 1. The summed E-state index contributed by atoms with van der Waals surface area (Å²) in [7, 11) is 1.41. The van der Waals surface area contributed by atoms with Gasteiger partial charge in [0.05, 0.1) is 13.2 Å². The van der Waals surface area contributed by atoms with Crippen LogP contribution in [0.4, 0.5) is 17.6 Å². The molecule has 22 heavy (non-hydrogen) atoms. The Bertz CT molecular complexity index is 641. The Balaban J connectivity index is 2.21. The minimum Gasteiger partial charge on any atom is -0.497 e. The van der Waals surface area contributed by atoms with Gasteiger partial charge in [-0.25, -0.2) is 4.39 Å².